The molecule has 0 aliphatic carbocycles. The van der Waals surface area contributed by atoms with Gasteiger partial charge in [0.15, 0.2) is 11.5 Å². The predicted octanol–water partition coefficient (Wildman–Crippen LogP) is 4.14. The Hall–Kier alpha value is -3.06. The van der Waals surface area contributed by atoms with Crippen molar-refractivity contribution in [1.29, 1.82) is 0 Å². The van der Waals surface area contributed by atoms with Crippen molar-refractivity contribution in [2.75, 3.05) is 13.2 Å². The molecule has 7 nitrogen and oxygen atoms in total. The summed E-state index contributed by atoms with van der Waals surface area (Å²) in [5, 5.41) is 8.71. The van der Waals surface area contributed by atoms with Crippen LogP contribution >= 0.6 is 11.6 Å². The van der Waals surface area contributed by atoms with Gasteiger partial charge in [0.25, 0.3) is 0 Å². The molecule has 0 atom stereocenters. The molecular formula is C22H22ClN3O4. The summed E-state index contributed by atoms with van der Waals surface area (Å²) in [5.74, 6) is 2.02. The smallest absolute Gasteiger partial charge is 0.249 e. The summed E-state index contributed by atoms with van der Waals surface area (Å²) < 4.78 is 16.9. The second-order valence-corrected chi connectivity index (χ2v) is 7.66. The molecule has 30 heavy (non-hydrogen) atoms. The first kappa shape index (κ1) is 20.2. The Kier molecular flexibility index (Phi) is 5.90. The second-order valence-electron chi connectivity index (χ2n) is 7.25. The molecule has 3 aromatic rings. The Morgan fingerprint density at radius 1 is 1.10 bits per heavy atom. The average molecular weight is 428 g/mol. The molecule has 156 valence electrons. The first-order chi connectivity index (χ1) is 14.5. The SMILES string of the molecule is CC(C)N(Cc1nnc(-c2ccccc2Cl)o1)C(=O)Cc1ccc2c(c1)OCCO2. The zero-order valence-corrected chi connectivity index (χ0v) is 17.6. The number of benzene rings is 2. The molecule has 0 N–H and O–H groups in total. The van der Waals surface area contributed by atoms with Gasteiger partial charge in [-0.15, -0.1) is 10.2 Å². The maximum absolute atomic E-state index is 13.0. The molecule has 0 unspecified atom stereocenters. The molecule has 0 bridgehead atoms. The molecule has 0 saturated carbocycles. The van der Waals surface area contributed by atoms with Crippen LogP contribution in [-0.4, -0.2) is 40.3 Å². The molecule has 1 aliphatic rings. The highest BCUT2D eigenvalue weighted by atomic mass is 35.5. The van der Waals surface area contributed by atoms with Crippen molar-refractivity contribution in [1.82, 2.24) is 15.1 Å². The van der Waals surface area contributed by atoms with Crippen LogP contribution < -0.4 is 9.47 Å². The van der Waals surface area contributed by atoms with E-state index in [1.54, 1.807) is 11.0 Å². The first-order valence-corrected chi connectivity index (χ1v) is 10.1. The van der Waals surface area contributed by atoms with Crippen molar-refractivity contribution in [3.05, 3.63) is 58.9 Å². The molecule has 0 fully saturated rings. The fraction of sp³-hybridized carbons (Fsp3) is 0.318. The number of nitrogens with zero attached hydrogens (tertiary/aromatic N) is 3. The van der Waals surface area contributed by atoms with E-state index in [0.29, 0.717) is 47.1 Å². The fourth-order valence-electron chi connectivity index (χ4n) is 3.24. The van der Waals surface area contributed by atoms with Crippen molar-refractivity contribution in [2.45, 2.75) is 32.9 Å². The lowest BCUT2D eigenvalue weighted by atomic mass is 10.1. The van der Waals surface area contributed by atoms with Crippen molar-refractivity contribution in [3.63, 3.8) is 0 Å². The van der Waals surface area contributed by atoms with Crippen LogP contribution in [0.5, 0.6) is 11.5 Å². The van der Waals surface area contributed by atoms with E-state index in [0.717, 1.165) is 5.56 Å². The number of hydrogen-bond acceptors (Lipinski definition) is 6. The number of rotatable bonds is 6. The first-order valence-electron chi connectivity index (χ1n) is 9.76. The number of halogens is 1. The summed E-state index contributed by atoms with van der Waals surface area (Å²) in [6, 6.07) is 12.8. The van der Waals surface area contributed by atoms with Crippen LogP contribution in [0.4, 0.5) is 0 Å². The maximum atomic E-state index is 13.0. The van der Waals surface area contributed by atoms with Crippen LogP contribution in [0.1, 0.15) is 25.3 Å². The topological polar surface area (TPSA) is 77.7 Å². The number of aromatic nitrogens is 2. The summed E-state index contributed by atoms with van der Waals surface area (Å²) in [4.78, 5) is 14.7. The lowest BCUT2D eigenvalue weighted by molar-refractivity contribution is -0.133. The molecule has 8 heteroatoms. The van der Waals surface area contributed by atoms with E-state index < -0.39 is 0 Å². The highest BCUT2D eigenvalue weighted by Gasteiger charge is 2.22. The minimum atomic E-state index is -0.0424. The Labute approximate surface area is 179 Å². The lowest BCUT2D eigenvalue weighted by Crippen LogP contribution is -2.37. The molecule has 1 aromatic heterocycles. The van der Waals surface area contributed by atoms with Crippen LogP contribution in [0.15, 0.2) is 46.9 Å². The maximum Gasteiger partial charge on any atom is 0.249 e. The predicted molar refractivity (Wildman–Crippen MR) is 112 cm³/mol. The molecule has 0 spiro atoms. The third kappa shape index (κ3) is 4.41. The quantitative estimate of drug-likeness (QED) is 0.588. The van der Waals surface area contributed by atoms with Crippen LogP contribution in [0.3, 0.4) is 0 Å². The summed E-state index contributed by atoms with van der Waals surface area (Å²) in [5.41, 5.74) is 1.52. The van der Waals surface area contributed by atoms with E-state index >= 15 is 0 Å². The third-order valence-electron chi connectivity index (χ3n) is 4.78. The Bertz CT molecular complexity index is 1050. The molecule has 4 rings (SSSR count). The average Bonchev–Trinajstić information content (AvgIpc) is 3.20. The van der Waals surface area contributed by atoms with Crippen LogP contribution in [0.2, 0.25) is 5.02 Å². The van der Waals surface area contributed by atoms with Gasteiger partial charge in [-0.05, 0) is 43.7 Å². The zero-order valence-electron chi connectivity index (χ0n) is 16.8. The highest BCUT2D eigenvalue weighted by Crippen LogP contribution is 2.31. The molecule has 2 aromatic carbocycles. The van der Waals surface area contributed by atoms with E-state index in [2.05, 4.69) is 10.2 Å². The van der Waals surface area contributed by atoms with Gasteiger partial charge < -0.3 is 18.8 Å². The highest BCUT2D eigenvalue weighted by molar-refractivity contribution is 6.33. The van der Waals surface area contributed by atoms with Gasteiger partial charge in [0.2, 0.25) is 17.7 Å². The van der Waals surface area contributed by atoms with Crippen molar-refractivity contribution >= 4 is 17.5 Å². The molecule has 2 heterocycles. The molecule has 0 saturated heterocycles. The van der Waals surface area contributed by atoms with Gasteiger partial charge in [0.05, 0.1) is 23.6 Å². The number of fused-ring (bicyclic) bond motifs is 1. The van der Waals surface area contributed by atoms with Crippen molar-refractivity contribution in [3.8, 4) is 23.0 Å². The molecule has 1 aliphatic heterocycles. The number of ether oxygens (including phenoxy) is 2. The van der Waals surface area contributed by atoms with Crippen LogP contribution in [0, 0.1) is 0 Å². The summed E-state index contributed by atoms with van der Waals surface area (Å²) in [6.45, 7) is 5.17. The van der Waals surface area contributed by atoms with Crippen molar-refractivity contribution < 1.29 is 18.7 Å². The largest absolute Gasteiger partial charge is 0.486 e. The molecule has 0 radical (unpaired) electrons. The molecule has 1 amide bonds. The van der Waals surface area contributed by atoms with Gasteiger partial charge in [-0.3, -0.25) is 4.79 Å². The Morgan fingerprint density at radius 3 is 2.63 bits per heavy atom. The monoisotopic (exact) mass is 427 g/mol. The van der Waals surface area contributed by atoms with E-state index in [1.165, 1.54) is 0 Å². The number of amides is 1. The van der Waals surface area contributed by atoms with Gasteiger partial charge in [0.1, 0.15) is 13.2 Å². The summed E-state index contributed by atoms with van der Waals surface area (Å²) >= 11 is 6.20. The summed E-state index contributed by atoms with van der Waals surface area (Å²) in [6.07, 6.45) is 0.236. The van der Waals surface area contributed by atoms with Gasteiger partial charge in [-0.25, -0.2) is 0 Å². The van der Waals surface area contributed by atoms with Gasteiger partial charge in [0, 0.05) is 6.04 Å². The van der Waals surface area contributed by atoms with Crippen LogP contribution in [0.25, 0.3) is 11.5 Å². The van der Waals surface area contributed by atoms with E-state index in [1.807, 2.05) is 50.2 Å². The minimum Gasteiger partial charge on any atom is -0.486 e. The van der Waals surface area contributed by atoms with Gasteiger partial charge in [-0.1, -0.05) is 29.8 Å². The molecular weight excluding hydrogens is 406 g/mol. The fourth-order valence-corrected chi connectivity index (χ4v) is 3.46. The van der Waals surface area contributed by atoms with E-state index in [-0.39, 0.29) is 24.9 Å². The van der Waals surface area contributed by atoms with E-state index in [9.17, 15) is 4.79 Å². The third-order valence-corrected chi connectivity index (χ3v) is 5.11. The standard InChI is InChI=1S/C22H22ClN3O4/c1-14(2)26(13-20-24-25-22(30-20)16-5-3-4-6-17(16)23)21(27)12-15-7-8-18-19(11-15)29-10-9-28-18/h3-8,11,14H,9-10,12-13H2,1-2H3. The Balaban J connectivity index is 1.48. The second kappa shape index (κ2) is 8.75. The van der Waals surface area contributed by atoms with Gasteiger partial charge >= 0.3 is 0 Å². The van der Waals surface area contributed by atoms with Crippen LogP contribution in [-0.2, 0) is 17.8 Å². The van der Waals surface area contributed by atoms with E-state index in [4.69, 9.17) is 25.5 Å². The normalized spacial score (nSPS) is 12.8. The zero-order chi connectivity index (χ0) is 21.1. The number of carbonyl (C=O) groups excluding carboxylic acids is 1. The number of hydrogen-bond donors (Lipinski definition) is 0. The van der Waals surface area contributed by atoms with Crippen molar-refractivity contribution in [2.24, 2.45) is 0 Å². The minimum absolute atomic E-state index is 0.0367. The number of carbonyl (C=O) groups is 1. The Morgan fingerprint density at radius 2 is 1.87 bits per heavy atom. The van der Waals surface area contributed by atoms with Gasteiger partial charge in [-0.2, -0.15) is 0 Å². The summed E-state index contributed by atoms with van der Waals surface area (Å²) in [7, 11) is 0. The lowest BCUT2D eigenvalue weighted by Gasteiger charge is -2.25.